The molecular formula is C12H17N3O3. The van der Waals surface area contributed by atoms with Crippen molar-refractivity contribution in [3.63, 3.8) is 0 Å². The lowest BCUT2D eigenvalue weighted by Gasteiger charge is -2.39. The number of anilines is 2. The minimum Gasteiger partial charge on any atom is -0.397 e. The van der Waals surface area contributed by atoms with Gasteiger partial charge < -0.3 is 15.4 Å². The normalized spacial score (nSPS) is 24.0. The Morgan fingerprint density at radius 3 is 2.83 bits per heavy atom. The highest BCUT2D eigenvalue weighted by Gasteiger charge is 2.25. The molecule has 0 aliphatic carbocycles. The van der Waals surface area contributed by atoms with Crippen LogP contribution in [0.1, 0.15) is 13.8 Å². The Morgan fingerprint density at radius 1 is 1.50 bits per heavy atom. The molecule has 1 fully saturated rings. The van der Waals surface area contributed by atoms with Crippen molar-refractivity contribution < 1.29 is 9.66 Å². The van der Waals surface area contributed by atoms with Crippen molar-refractivity contribution in [2.24, 2.45) is 0 Å². The molecule has 6 nitrogen and oxygen atoms in total. The highest BCUT2D eigenvalue weighted by molar-refractivity contribution is 5.71. The van der Waals surface area contributed by atoms with E-state index in [0.717, 1.165) is 12.2 Å². The Kier molecular flexibility index (Phi) is 3.38. The van der Waals surface area contributed by atoms with Gasteiger partial charge in [-0.1, -0.05) is 0 Å². The van der Waals surface area contributed by atoms with Crippen molar-refractivity contribution in [2.75, 3.05) is 23.8 Å². The number of hydrogen-bond donors (Lipinski definition) is 1. The molecule has 0 amide bonds. The summed E-state index contributed by atoms with van der Waals surface area (Å²) < 4.78 is 5.55. The van der Waals surface area contributed by atoms with E-state index in [1.165, 1.54) is 12.1 Å². The second kappa shape index (κ2) is 4.81. The van der Waals surface area contributed by atoms with E-state index >= 15 is 0 Å². The molecule has 1 aromatic carbocycles. The zero-order chi connectivity index (χ0) is 13.3. The average Bonchev–Trinajstić information content (AvgIpc) is 2.32. The minimum atomic E-state index is -0.439. The third-order valence-corrected chi connectivity index (χ3v) is 3.14. The molecule has 6 heteroatoms. The van der Waals surface area contributed by atoms with Crippen LogP contribution in [0.25, 0.3) is 0 Å². The summed E-state index contributed by atoms with van der Waals surface area (Å²) in [7, 11) is 0. The van der Waals surface area contributed by atoms with Crippen LogP contribution in [0.5, 0.6) is 0 Å². The molecular weight excluding hydrogens is 234 g/mol. The number of non-ortho nitro benzene ring substituents is 1. The van der Waals surface area contributed by atoms with E-state index < -0.39 is 4.92 Å². The van der Waals surface area contributed by atoms with Gasteiger partial charge in [0.2, 0.25) is 0 Å². The lowest BCUT2D eigenvalue weighted by molar-refractivity contribution is -0.384. The van der Waals surface area contributed by atoms with E-state index in [-0.39, 0.29) is 17.8 Å². The Balaban J connectivity index is 2.30. The first-order valence-corrected chi connectivity index (χ1v) is 5.91. The Hall–Kier alpha value is -1.82. The first-order valence-electron chi connectivity index (χ1n) is 5.91. The van der Waals surface area contributed by atoms with E-state index in [1.54, 1.807) is 6.07 Å². The lowest BCUT2D eigenvalue weighted by Crippen LogP contribution is -2.47. The molecule has 0 saturated carbocycles. The molecule has 0 radical (unpaired) electrons. The molecule has 1 heterocycles. The maximum absolute atomic E-state index is 10.7. The molecule has 1 saturated heterocycles. The van der Waals surface area contributed by atoms with Crippen LogP contribution in [0.3, 0.4) is 0 Å². The van der Waals surface area contributed by atoms with Crippen LogP contribution in [0, 0.1) is 10.1 Å². The summed E-state index contributed by atoms with van der Waals surface area (Å²) in [6.07, 6.45) is 0.135. The van der Waals surface area contributed by atoms with Gasteiger partial charge in [-0.25, -0.2) is 0 Å². The topological polar surface area (TPSA) is 81.6 Å². The summed E-state index contributed by atoms with van der Waals surface area (Å²) >= 11 is 0. The van der Waals surface area contributed by atoms with E-state index in [4.69, 9.17) is 10.5 Å². The molecule has 0 aromatic heterocycles. The largest absolute Gasteiger partial charge is 0.397 e. The fraction of sp³-hybridized carbons (Fsp3) is 0.500. The van der Waals surface area contributed by atoms with E-state index in [1.807, 2.05) is 13.8 Å². The van der Waals surface area contributed by atoms with Crippen LogP contribution in [-0.2, 0) is 4.74 Å². The average molecular weight is 251 g/mol. The zero-order valence-electron chi connectivity index (χ0n) is 10.5. The molecule has 2 unspecified atom stereocenters. The zero-order valence-corrected chi connectivity index (χ0v) is 10.5. The maximum Gasteiger partial charge on any atom is 0.271 e. The second-order valence-corrected chi connectivity index (χ2v) is 4.65. The van der Waals surface area contributed by atoms with Crippen molar-refractivity contribution >= 4 is 17.1 Å². The summed E-state index contributed by atoms with van der Waals surface area (Å²) in [6, 6.07) is 4.81. The molecule has 18 heavy (non-hydrogen) atoms. The second-order valence-electron chi connectivity index (χ2n) is 4.65. The third-order valence-electron chi connectivity index (χ3n) is 3.14. The third kappa shape index (κ3) is 2.38. The predicted octanol–water partition coefficient (Wildman–Crippen LogP) is 1.79. The summed E-state index contributed by atoms with van der Waals surface area (Å²) in [6.45, 7) is 5.42. The standard InChI is InChI=1S/C12H17N3O3/c1-8-7-18-9(2)6-14(8)12-4-3-10(15(16)17)5-11(12)13/h3-5,8-9H,6-7,13H2,1-2H3. The van der Waals surface area contributed by atoms with Gasteiger partial charge in [0.1, 0.15) is 0 Å². The highest BCUT2D eigenvalue weighted by atomic mass is 16.6. The molecule has 2 atom stereocenters. The molecule has 1 aromatic rings. The van der Waals surface area contributed by atoms with Crippen molar-refractivity contribution in [2.45, 2.75) is 26.0 Å². The number of nitrogen functional groups attached to an aromatic ring is 1. The van der Waals surface area contributed by atoms with Gasteiger partial charge in [0.25, 0.3) is 5.69 Å². The van der Waals surface area contributed by atoms with Gasteiger partial charge in [-0.05, 0) is 19.9 Å². The molecule has 2 rings (SSSR count). The van der Waals surface area contributed by atoms with Gasteiger partial charge in [-0.15, -0.1) is 0 Å². The predicted molar refractivity (Wildman–Crippen MR) is 69.7 cm³/mol. The number of hydrogen-bond acceptors (Lipinski definition) is 5. The number of nitrogens with zero attached hydrogens (tertiary/aromatic N) is 2. The van der Waals surface area contributed by atoms with Crippen molar-refractivity contribution in [3.05, 3.63) is 28.3 Å². The monoisotopic (exact) mass is 251 g/mol. The Morgan fingerprint density at radius 2 is 2.22 bits per heavy atom. The summed E-state index contributed by atoms with van der Waals surface area (Å²) in [4.78, 5) is 12.4. The fourth-order valence-corrected chi connectivity index (χ4v) is 2.16. The lowest BCUT2D eigenvalue weighted by atomic mass is 10.1. The van der Waals surface area contributed by atoms with Gasteiger partial charge in [0, 0.05) is 24.7 Å². The van der Waals surface area contributed by atoms with Gasteiger partial charge >= 0.3 is 0 Å². The van der Waals surface area contributed by atoms with E-state index in [0.29, 0.717) is 12.3 Å². The quantitative estimate of drug-likeness (QED) is 0.492. The first kappa shape index (κ1) is 12.6. The minimum absolute atomic E-state index is 0.0187. The molecule has 0 bridgehead atoms. The van der Waals surface area contributed by atoms with Gasteiger partial charge in [-0.2, -0.15) is 0 Å². The van der Waals surface area contributed by atoms with Crippen LogP contribution >= 0.6 is 0 Å². The Labute approximate surface area is 105 Å². The SMILES string of the molecule is CC1CN(c2ccc([N+](=O)[O-])cc2N)C(C)CO1. The number of nitrogens with two attached hydrogens (primary N) is 1. The smallest absolute Gasteiger partial charge is 0.271 e. The maximum atomic E-state index is 10.7. The molecule has 0 spiro atoms. The van der Waals surface area contributed by atoms with Crippen LogP contribution in [0.15, 0.2) is 18.2 Å². The van der Waals surface area contributed by atoms with Crippen LogP contribution in [-0.4, -0.2) is 30.2 Å². The fourth-order valence-electron chi connectivity index (χ4n) is 2.16. The molecule has 2 N–H and O–H groups in total. The summed E-state index contributed by atoms with van der Waals surface area (Å²) in [5.74, 6) is 0. The van der Waals surface area contributed by atoms with E-state index in [2.05, 4.69) is 4.90 Å². The molecule has 98 valence electrons. The van der Waals surface area contributed by atoms with Gasteiger partial charge in [0.05, 0.1) is 29.0 Å². The number of nitro groups is 1. The Bertz CT molecular complexity index is 464. The number of ether oxygens (including phenoxy) is 1. The number of nitro benzene ring substituents is 1. The number of rotatable bonds is 2. The van der Waals surface area contributed by atoms with Crippen molar-refractivity contribution in [3.8, 4) is 0 Å². The molecule has 1 aliphatic heterocycles. The summed E-state index contributed by atoms with van der Waals surface area (Å²) in [5, 5.41) is 10.7. The summed E-state index contributed by atoms with van der Waals surface area (Å²) in [5.41, 5.74) is 7.20. The number of benzene rings is 1. The van der Waals surface area contributed by atoms with Gasteiger partial charge in [-0.3, -0.25) is 10.1 Å². The first-order chi connectivity index (χ1) is 8.49. The van der Waals surface area contributed by atoms with E-state index in [9.17, 15) is 10.1 Å². The molecule has 1 aliphatic rings. The highest BCUT2D eigenvalue weighted by Crippen LogP contribution is 2.30. The van der Waals surface area contributed by atoms with Crippen LogP contribution < -0.4 is 10.6 Å². The van der Waals surface area contributed by atoms with Crippen molar-refractivity contribution in [1.29, 1.82) is 0 Å². The van der Waals surface area contributed by atoms with Crippen LogP contribution in [0.2, 0.25) is 0 Å². The van der Waals surface area contributed by atoms with Crippen molar-refractivity contribution in [1.82, 2.24) is 0 Å². The van der Waals surface area contributed by atoms with Crippen LogP contribution in [0.4, 0.5) is 17.1 Å². The van der Waals surface area contributed by atoms with Gasteiger partial charge in [0.15, 0.2) is 0 Å². The number of morpholine rings is 1.